The van der Waals surface area contributed by atoms with Crippen molar-refractivity contribution in [2.24, 2.45) is 5.73 Å². The second-order valence-corrected chi connectivity index (χ2v) is 3.15. The van der Waals surface area contributed by atoms with Gasteiger partial charge in [-0.1, -0.05) is 0 Å². The van der Waals surface area contributed by atoms with Crippen molar-refractivity contribution in [3.63, 3.8) is 0 Å². The molecule has 0 atom stereocenters. The fraction of sp³-hybridized carbons (Fsp3) is 0.364. The topological polar surface area (TPSA) is 81.8 Å². The van der Waals surface area contributed by atoms with E-state index in [4.69, 9.17) is 20.3 Å². The summed E-state index contributed by atoms with van der Waals surface area (Å²) in [6.07, 6.45) is 0.555. The minimum absolute atomic E-state index is 0.0799. The molecule has 5 heteroatoms. The van der Waals surface area contributed by atoms with Crippen LogP contribution < -0.4 is 15.2 Å². The van der Waals surface area contributed by atoms with Gasteiger partial charge in [-0.05, 0) is 12.1 Å². The van der Waals surface area contributed by atoms with Gasteiger partial charge in [0.25, 0.3) is 5.91 Å². The van der Waals surface area contributed by atoms with Crippen LogP contribution in [0.4, 0.5) is 0 Å². The standard InChI is InChI=1S/C11H15NO4/c1-15-10-7-8(16-6-2-5-13)3-4-9(10)11(12)14/h3-4,7,13H,2,5-6H2,1H3,(H2,12,14). The van der Waals surface area contributed by atoms with E-state index in [1.54, 1.807) is 18.2 Å². The molecule has 1 rings (SSSR count). The summed E-state index contributed by atoms with van der Waals surface area (Å²) in [5.41, 5.74) is 5.49. The van der Waals surface area contributed by atoms with Crippen molar-refractivity contribution in [1.29, 1.82) is 0 Å². The first-order chi connectivity index (χ1) is 7.69. The zero-order valence-corrected chi connectivity index (χ0v) is 9.10. The SMILES string of the molecule is COc1cc(OCCCO)ccc1C(N)=O. The summed E-state index contributed by atoms with van der Waals surface area (Å²) in [6.45, 7) is 0.492. The second-order valence-electron chi connectivity index (χ2n) is 3.15. The molecule has 1 amide bonds. The summed E-state index contributed by atoms with van der Waals surface area (Å²) in [4.78, 5) is 11.0. The molecule has 5 nitrogen and oxygen atoms in total. The predicted octanol–water partition coefficient (Wildman–Crippen LogP) is 0.555. The van der Waals surface area contributed by atoms with Crippen LogP contribution in [-0.4, -0.2) is 31.3 Å². The molecule has 0 unspecified atom stereocenters. The Bertz CT molecular complexity index is 365. The Kier molecular flexibility index (Phi) is 4.60. The number of hydrogen-bond acceptors (Lipinski definition) is 4. The maximum absolute atomic E-state index is 11.0. The summed E-state index contributed by atoms with van der Waals surface area (Å²) in [6, 6.07) is 4.78. The Labute approximate surface area is 93.8 Å². The van der Waals surface area contributed by atoms with Gasteiger partial charge in [-0.25, -0.2) is 0 Å². The Morgan fingerprint density at radius 3 is 2.81 bits per heavy atom. The number of ether oxygens (including phenoxy) is 2. The Balaban J connectivity index is 2.78. The largest absolute Gasteiger partial charge is 0.496 e. The lowest BCUT2D eigenvalue weighted by Crippen LogP contribution is -2.12. The van der Waals surface area contributed by atoms with Crippen LogP contribution in [0.25, 0.3) is 0 Å². The normalized spacial score (nSPS) is 9.88. The number of hydrogen-bond donors (Lipinski definition) is 2. The fourth-order valence-electron chi connectivity index (χ4n) is 1.22. The summed E-state index contributed by atoms with van der Waals surface area (Å²) >= 11 is 0. The molecule has 0 saturated heterocycles. The lowest BCUT2D eigenvalue weighted by molar-refractivity contribution is 0.0997. The first kappa shape index (κ1) is 12.3. The van der Waals surface area contributed by atoms with E-state index in [0.717, 1.165) is 0 Å². The van der Waals surface area contributed by atoms with Gasteiger partial charge < -0.3 is 20.3 Å². The van der Waals surface area contributed by atoms with Gasteiger partial charge in [-0.2, -0.15) is 0 Å². The molecule has 3 N–H and O–H groups in total. The molecule has 1 aromatic rings. The number of amides is 1. The minimum Gasteiger partial charge on any atom is -0.496 e. The Morgan fingerprint density at radius 1 is 1.50 bits per heavy atom. The second kappa shape index (κ2) is 5.97. The number of methoxy groups -OCH3 is 1. The Hall–Kier alpha value is -1.75. The molecule has 16 heavy (non-hydrogen) atoms. The molecule has 1 aromatic carbocycles. The molecule has 0 fully saturated rings. The minimum atomic E-state index is -0.543. The van der Waals surface area contributed by atoms with Crippen LogP contribution in [-0.2, 0) is 0 Å². The maximum atomic E-state index is 11.0. The van der Waals surface area contributed by atoms with Crippen molar-refractivity contribution in [2.75, 3.05) is 20.3 Å². The van der Waals surface area contributed by atoms with E-state index < -0.39 is 5.91 Å². The summed E-state index contributed by atoms with van der Waals surface area (Å²) in [7, 11) is 1.46. The first-order valence-corrected chi connectivity index (χ1v) is 4.90. The van der Waals surface area contributed by atoms with Gasteiger partial charge in [0.15, 0.2) is 0 Å². The third-order valence-electron chi connectivity index (χ3n) is 2.01. The van der Waals surface area contributed by atoms with Crippen molar-refractivity contribution >= 4 is 5.91 Å². The molecule has 0 spiro atoms. The van der Waals surface area contributed by atoms with E-state index in [9.17, 15) is 4.79 Å². The van der Waals surface area contributed by atoms with Gasteiger partial charge in [-0.3, -0.25) is 4.79 Å². The lowest BCUT2D eigenvalue weighted by atomic mass is 10.2. The highest BCUT2D eigenvalue weighted by Gasteiger charge is 2.09. The van der Waals surface area contributed by atoms with Crippen molar-refractivity contribution in [3.05, 3.63) is 23.8 Å². The van der Waals surface area contributed by atoms with Crippen LogP contribution >= 0.6 is 0 Å². The molecule has 0 aromatic heterocycles. The number of nitrogens with two attached hydrogens (primary N) is 1. The van der Waals surface area contributed by atoms with Crippen LogP contribution in [0.1, 0.15) is 16.8 Å². The van der Waals surface area contributed by atoms with Crippen LogP contribution in [0.5, 0.6) is 11.5 Å². The average molecular weight is 225 g/mol. The van der Waals surface area contributed by atoms with Crippen molar-refractivity contribution in [1.82, 2.24) is 0 Å². The quantitative estimate of drug-likeness (QED) is 0.693. The maximum Gasteiger partial charge on any atom is 0.252 e. The van der Waals surface area contributed by atoms with Gasteiger partial charge in [0, 0.05) is 19.1 Å². The number of primary amides is 1. The molecule has 0 heterocycles. The smallest absolute Gasteiger partial charge is 0.252 e. The van der Waals surface area contributed by atoms with E-state index in [1.807, 2.05) is 0 Å². The van der Waals surface area contributed by atoms with Gasteiger partial charge in [0.05, 0.1) is 19.3 Å². The van der Waals surface area contributed by atoms with E-state index in [2.05, 4.69) is 0 Å². The lowest BCUT2D eigenvalue weighted by Gasteiger charge is -2.09. The molecule has 0 bridgehead atoms. The zero-order valence-electron chi connectivity index (χ0n) is 9.10. The van der Waals surface area contributed by atoms with Crippen molar-refractivity contribution in [2.45, 2.75) is 6.42 Å². The molecule has 0 aliphatic carbocycles. The third kappa shape index (κ3) is 3.13. The molecular formula is C11H15NO4. The van der Waals surface area contributed by atoms with Gasteiger partial charge in [0.2, 0.25) is 0 Å². The molecular weight excluding hydrogens is 210 g/mol. The monoisotopic (exact) mass is 225 g/mol. The molecule has 88 valence electrons. The average Bonchev–Trinajstić information content (AvgIpc) is 2.29. The molecule has 0 aliphatic rings. The molecule has 0 aliphatic heterocycles. The highest BCUT2D eigenvalue weighted by Crippen LogP contribution is 2.24. The Morgan fingerprint density at radius 2 is 2.25 bits per heavy atom. The van der Waals surface area contributed by atoms with Crippen LogP contribution in [0.3, 0.4) is 0 Å². The number of aliphatic hydroxyl groups is 1. The van der Waals surface area contributed by atoms with Gasteiger partial charge >= 0.3 is 0 Å². The third-order valence-corrected chi connectivity index (χ3v) is 2.01. The predicted molar refractivity (Wildman–Crippen MR) is 58.7 cm³/mol. The zero-order chi connectivity index (χ0) is 12.0. The fourth-order valence-corrected chi connectivity index (χ4v) is 1.22. The van der Waals surface area contributed by atoms with Gasteiger partial charge in [-0.15, -0.1) is 0 Å². The van der Waals surface area contributed by atoms with E-state index in [0.29, 0.717) is 30.1 Å². The number of aliphatic hydroxyl groups excluding tert-OH is 1. The van der Waals surface area contributed by atoms with Crippen LogP contribution in [0.15, 0.2) is 18.2 Å². The number of carbonyl (C=O) groups excluding carboxylic acids is 1. The number of rotatable bonds is 6. The molecule has 0 saturated carbocycles. The van der Waals surface area contributed by atoms with Crippen LogP contribution in [0, 0.1) is 0 Å². The first-order valence-electron chi connectivity index (χ1n) is 4.90. The van der Waals surface area contributed by atoms with E-state index in [-0.39, 0.29) is 6.61 Å². The van der Waals surface area contributed by atoms with Crippen LogP contribution in [0.2, 0.25) is 0 Å². The summed E-state index contributed by atoms with van der Waals surface area (Å²) in [5, 5.41) is 8.60. The van der Waals surface area contributed by atoms with Gasteiger partial charge in [0.1, 0.15) is 11.5 Å². The highest BCUT2D eigenvalue weighted by atomic mass is 16.5. The summed E-state index contributed by atoms with van der Waals surface area (Å²) < 4.78 is 10.4. The molecule has 0 radical (unpaired) electrons. The number of carbonyl (C=O) groups is 1. The number of benzene rings is 1. The highest BCUT2D eigenvalue weighted by molar-refractivity contribution is 5.95. The van der Waals surface area contributed by atoms with E-state index >= 15 is 0 Å². The van der Waals surface area contributed by atoms with Crippen molar-refractivity contribution < 1.29 is 19.4 Å². The van der Waals surface area contributed by atoms with Crippen molar-refractivity contribution in [3.8, 4) is 11.5 Å². The summed E-state index contributed by atoms with van der Waals surface area (Å²) in [5.74, 6) is 0.419. The van der Waals surface area contributed by atoms with E-state index in [1.165, 1.54) is 7.11 Å².